The predicted molar refractivity (Wildman–Crippen MR) is 81.9 cm³/mol. The summed E-state index contributed by atoms with van der Waals surface area (Å²) in [6, 6.07) is 9.67. The number of halogens is 1. The van der Waals surface area contributed by atoms with Gasteiger partial charge in [-0.15, -0.1) is 0 Å². The Morgan fingerprint density at radius 3 is 2.33 bits per heavy atom. The van der Waals surface area contributed by atoms with Crippen LogP contribution in [0.4, 0.5) is 4.39 Å². The quantitative estimate of drug-likeness (QED) is 0.875. The minimum atomic E-state index is -3.27. The fourth-order valence-corrected chi connectivity index (χ4v) is 2.46. The van der Waals surface area contributed by atoms with E-state index in [1.807, 2.05) is 0 Å². The Bertz CT molecular complexity index is 786. The third-order valence-corrected chi connectivity index (χ3v) is 4.04. The number of rotatable bonds is 4. The van der Waals surface area contributed by atoms with Gasteiger partial charge in [-0.3, -0.25) is 0 Å². The molecular weight excluding hydrogens is 313 g/mol. The van der Waals surface area contributed by atoms with Crippen molar-refractivity contribution in [2.45, 2.75) is 4.90 Å². The molecule has 0 aliphatic carbocycles. The zero-order valence-corrected chi connectivity index (χ0v) is 12.7. The summed E-state index contributed by atoms with van der Waals surface area (Å²) in [6.45, 7) is 0. The van der Waals surface area contributed by atoms with Gasteiger partial charge in [0.25, 0.3) is 0 Å². The molecule has 0 aliphatic rings. The molecule has 0 aliphatic heterocycles. The van der Waals surface area contributed by atoms with Gasteiger partial charge < -0.3 is 10.5 Å². The van der Waals surface area contributed by atoms with Crippen LogP contribution in [0.15, 0.2) is 47.4 Å². The molecule has 4 nitrogen and oxygen atoms in total. The van der Waals surface area contributed by atoms with Crippen molar-refractivity contribution in [1.82, 2.24) is 0 Å². The first-order valence-corrected chi connectivity index (χ1v) is 8.14. The van der Waals surface area contributed by atoms with Crippen LogP contribution in [0.3, 0.4) is 0 Å². The van der Waals surface area contributed by atoms with Crippen molar-refractivity contribution in [3.05, 3.63) is 53.8 Å². The summed E-state index contributed by atoms with van der Waals surface area (Å²) in [5.74, 6) is 0.222. The number of sulfone groups is 1. The lowest BCUT2D eigenvalue weighted by molar-refractivity contribution is 0.479. The van der Waals surface area contributed by atoms with Gasteiger partial charge in [0.15, 0.2) is 9.84 Å². The van der Waals surface area contributed by atoms with E-state index in [4.69, 9.17) is 22.7 Å². The molecule has 110 valence electrons. The molecule has 0 fully saturated rings. The molecule has 0 saturated heterocycles. The van der Waals surface area contributed by atoms with Gasteiger partial charge in [-0.1, -0.05) is 12.2 Å². The first-order valence-electron chi connectivity index (χ1n) is 5.85. The summed E-state index contributed by atoms with van der Waals surface area (Å²) < 4.78 is 41.5. The van der Waals surface area contributed by atoms with Gasteiger partial charge in [0.2, 0.25) is 0 Å². The third-order valence-electron chi connectivity index (χ3n) is 2.69. The molecule has 0 atom stereocenters. The Morgan fingerprint density at radius 2 is 1.81 bits per heavy atom. The van der Waals surface area contributed by atoms with Crippen LogP contribution < -0.4 is 10.5 Å². The molecule has 0 unspecified atom stereocenters. The van der Waals surface area contributed by atoms with Gasteiger partial charge in [-0.05, 0) is 42.5 Å². The van der Waals surface area contributed by atoms with Crippen molar-refractivity contribution in [2.75, 3.05) is 6.26 Å². The molecule has 2 rings (SSSR count). The summed E-state index contributed by atoms with van der Waals surface area (Å²) in [5.41, 5.74) is 5.80. The monoisotopic (exact) mass is 325 g/mol. The second-order valence-corrected chi connectivity index (χ2v) is 6.81. The van der Waals surface area contributed by atoms with Crippen molar-refractivity contribution < 1.29 is 17.5 Å². The number of thiocarbonyl (C=S) groups is 1. The zero-order valence-electron chi connectivity index (χ0n) is 11.0. The van der Waals surface area contributed by atoms with Crippen LogP contribution in [0.25, 0.3) is 0 Å². The van der Waals surface area contributed by atoms with Gasteiger partial charge in [0, 0.05) is 6.26 Å². The number of nitrogens with two attached hydrogens (primary N) is 1. The van der Waals surface area contributed by atoms with Crippen LogP contribution in [0, 0.1) is 5.82 Å². The first-order chi connectivity index (χ1) is 9.77. The lowest BCUT2D eigenvalue weighted by Gasteiger charge is -2.10. The summed E-state index contributed by atoms with van der Waals surface area (Å²) >= 11 is 4.85. The smallest absolute Gasteiger partial charge is 0.175 e. The van der Waals surface area contributed by atoms with Gasteiger partial charge in [0.05, 0.1) is 10.5 Å². The minimum Gasteiger partial charge on any atom is -0.457 e. The topological polar surface area (TPSA) is 69.4 Å². The van der Waals surface area contributed by atoms with E-state index in [1.165, 1.54) is 42.5 Å². The average molecular weight is 325 g/mol. The first kappa shape index (κ1) is 15.4. The van der Waals surface area contributed by atoms with Crippen LogP contribution in [0.2, 0.25) is 0 Å². The van der Waals surface area contributed by atoms with Crippen molar-refractivity contribution in [2.24, 2.45) is 5.73 Å². The maximum Gasteiger partial charge on any atom is 0.175 e. The molecule has 2 aromatic carbocycles. The standard InChI is InChI=1S/C14H12FNO3S2/c1-21(17,18)11-5-3-10(4-6-11)19-13-7-2-9(15)8-12(13)14(16)20/h2-8H,1H3,(H2,16,20). The predicted octanol–water partition coefficient (Wildman–Crippen LogP) is 2.66. The van der Waals surface area contributed by atoms with Crippen LogP contribution in [0.5, 0.6) is 11.5 Å². The Hall–Kier alpha value is -1.99. The fraction of sp³-hybridized carbons (Fsp3) is 0.0714. The van der Waals surface area contributed by atoms with E-state index in [2.05, 4.69) is 0 Å². The van der Waals surface area contributed by atoms with Gasteiger partial charge in [-0.25, -0.2) is 12.8 Å². The number of ether oxygens (including phenoxy) is 1. The van der Waals surface area contributed by atoms with Crippen LogP contribution in [0.1, 0.15) is 5.56 Å². The molecular formula is C14H12FNO3S2. The van der Waals surface area contributed by atoms with Crippen molar-refractivity contribution >= 4 is 27.0 Å². The normalized spacial score (nSPS) is 11.1. The van der Waals surface area contributed by atoms with E-state index < -0.39 is 15.7 Å². The van der Waals surface area contributed by atoms with Crippen molar-refractivity contribution in [3.63, 3.8) is 0 Å². The second-order valence-electron chi connectivity index (χ2n) is 4.35. The molecule has 2 N–H and O–H groups in total. The molecule has 2 aromatic rings. The SMILES string of the molecule is CS(=O)(=O)c1ccc(Oc2ccc(F)cc2C(N)=S)cc1. The number of benzene rings is 2. The second kappa shape index (κ2) is 5.79. The summed E-state index contributed by atoms with van der Waals surface area (Å²) in [4.78, 5) is 0.195. The molecule has 0 spiro atoms. The van der Waals surface area contributed by atoms with E-state index in [9.17, 15) is 12.8 Å². The molecule has 0 radical (unpaired) electrons. The van der Waals surface area contributed by atoms with Crippen LogP contribution in [-0.4, -0.2) is 19.7 Å². The van der Waals surface area contributed by atoms with Gasteiger partial charge in [-0.2, -0.15) is 0 Å². The zero-order chi connectivity index (χ0) is 15.6. The lowest BCUT2D eigenvalue weighted by atomic mass is 10.2. The highest BCUT2D eigenvalue weighted by Crippen LogP contribution is 2.27. The molecule has 0 bridgehead atoms. The molecule has 0 heterocycles. The third kappa shape index (κ3) is 3.77. The van der Waals surface area contributed by atoms with Crippen molar-refractivity contribution in [3.8, 4) is 11.5 Å². The molecule has 0 saturated carbocycles. The van der Waals surface area contributed by atoms with E-state index >= 15 is 0 Å². The molecule has 0 amide bonds. The Morgan fingerprint density at radius 1 is 1.19 bits per heavy atom. The Balaban J connectivity index is 2.33. The van der Waals surface area contributed by atoms with Gasteiger partial charge >= 0.3 is 0 Å². The maximum atomic E-state index is 13.2. The number of hydrogen-bond donors (Lipinski definition) is 1. The van der Waals surface area contributed by atoms with E-state index in [1.54, 1.807) is 0 Å². The molecule has 21 heavy (non-hydrogen) atoms. The maximum absolute atomic E-state index is 13.2. The highest BCUT2D eigenvalue weighted by atomic mass is 32.2. The average Bonchev–Trinajstić information content (AvgIpc) is 2.40. The van der Waals surface area contributed by atoms with Crippen molar-refractivity contribution in [1.29, 1.82) is 0 Å². The highest BCUT2D eigenvalue weighted by molar-refractivity contribution is 7.90. The summed E-state index contributed by atoms with van der Waals surface area (Å²) in [6.07, 6.45) is 1.12. The Kier molecular flexibility index (Phi) is 4.24. The van der Waals surface area contributed by atoms with E-state index in [0.717, 1.165) is 6.26 Å². The van der Waals surface area contributed by atoms with Crippen LogP contribution >= 0.6 is 12.2 Å². The highest BCUT2D eigenvalue weighted by Gasteiger charge is 2.11. The molecule has 7 heteroatoms. The van der Waals surface area contributed by atoms with Crippen LogP contribution in [-0.2, 0) is 9.84 Å². The summed E-state index contributed by atoms with van der Waals surface area (Å²) in [7, 11) is -3.27. The van der Waals surface area contributed by atoms with Gasteiger partial charge in [0.1, 0.15) is 22.3 Å². The Labute approximate surface area is 127 Å². The minimum absolute atomic E-state index is 0.0113. The lowest BCUT2D eigenvalue weighted by Crippen LogP contribution is -2.11. The summed E-state index contributed by atoms with van der Waals surface area (Å²) in [5, 5.41) is 0. The largest absolute Gasteiger partial charge is 0.457 e. The van der Waals surface area contributed by atoms with E-state index in [-0.39, 0.29) is 15.4 Å². The number of hydrogen-bond acceptors (Lipinski definition) is 4. The molecule has 0 aromatic heterocycles. The van der Waals surface area contributed by atoms with E-state index in [0.29, 0.717) is 11.5 Å². The fourth-order valence-electron chi connectivity index (χ4n) is 1.67.